The molecule has 3 nitrogen and oxygen atoms in total. The Hall–Kier alpha value is -0.610. The lowest BCUT2D eigenvalue weighted by Crippen LogP contribution is -2.32. The van der Waals surface area contributed by atoms with Crippen molar-refractivity contribution < 1.29 is 0 Å². The number of piperidine rings is 1. The maximum absolute atomic E-state index is 5.86. The average Bonchev–Trinajstić information content (AvgIpc) is 2.73. The number of anilines is 1. The molecule has 0 spiro atoms. The Balaban J connectivity index is 2.22. The molecular formula is C14H25N3S. The van der Waals surface area contributed by atoms with E-state index in [4.69, 9.17) is 10.7 Å². The van der Waals surface area contributed by atoms with E-state index >= 15 is 0 Å². The van der Waals surface area contributed by atoms with E-state index in [0.717, 1.165) is 19.0 Å². The largest absolute Gasteiger partial charge is 0.348 e. The molecule has 1 saturated heterocycles. The highest BCUT2D eigenvalue weighted by atomic mass is 32.1. The normalized spacial score (nSPS) is 18.4. The average molecular weight is 267 g/mol. The van der Waals surface area contributed by atoms with E-state index in [-0.39, 0.29) is 5.41 Å². The Bertz CT molecular complexity index is 398. The van der Waals surface area contributed by atoms with Gasteiger partial charge in [-0.2, -0.15) is 0 Å². The summed E-state index contributed by atoms with van der Waals surface area (Å²) in [7, 11) is 0. The third kappa shape index (κ3) is 2.86. The van der Waals surface area contributed by atoms with Gasteiger partial charge in [0.25, 0.3) is 0 Å². The predicted molar refractivity (Wildman–Crippen MR) is 79.3 cm³/mol. The van der Waals surface area contributed by atoms with Crippen LogP contribution in [0.25, 0.3) is 0 Å². The number of nitrogens with zero attached hydrogens (tertiary/aromatic N) is 2. The molecule has 1 aromatic heterocycles. The van der Waals surface area contributed by atoms with Crippen LogP contribution in [0.1, 0.15) is 51.1 Å². The zero-order chi connectivity index (χ0) is 13.3. The van der Waals surface area contributed by atoms with Gasteiger partial charge in [-0.15, -0.1) is 11.3 Å². The molecule has 0 atom stereocenters. The molecule has 2 rings (SSSR count). The third-order valence-corrected chi connectivity index (χ3v) is 4.77. The molecule has 0 amide bonds. The molecular weight excluding hydrogens is 242 g/mol. The number of rotatable bonds is 2. The van der Waals surface area contributed by atoms with Gasteiger partial charge in [0, 0.05) is 29.9 Å². The van der Waals surface area contributed by atoms with Crippen molar-refractivity contribution >= 4 is 16.5 Å². The molecule has 102 valence electrons. The minimum absolute atomic E-state index is 0.0898. The van der Waals surface area contributed by atoms with Crippen LogP contribution in [-0.4, -0.2) is 18.1 Å². The summed E-state index contributed by atoms with van der Waals surface area (Å²) in [5.41, 5.74) is 7.14. The van der Waals surface area contributed by atoms with Gasteiger partial charge in [0.1, 0.15) is 0 Å². The summed E-state index contributed by atoms with van der Waals surface area (Å²) in [6.45, 7) is 11.9. The van der Waals surface area contributed by atoms with Gasteiger partial charge in [0.15, 0.2) is 5.13 Å². The molecule has 0 aromatic carbocycles. The number of aromatic nitrogens is 1. The second kappa shape index (κ2) is 5.17. The fourth-order valence-corrected chi connectivity index (χ4v) is 3.60. The Labute approximate surface area is 114 Å². The molecule has 18 heavy (non-hydrogen) atoms. The molecule has 1 aromatic rings. The van der Waals surface area contributed by atoms with Crippen LogP contribution in [0.3, 0.4) is 0 Å². The number of nitrogens with two attached hydrogens (primary N) is 1. The van der Waals surface area contributed by atoms with E-state index in [2.05, 4.69) is 32.6 Å². The first-order valence-corrected chi connectivity index (χ1v) is 7.68. The second-order valence-electron chi connectivity index (χ2n) is 6.39. The van der Waals surface area contributed by atoms with E-state index < -0.39 is 0 Å². The van der Waals surface area contributed by atoms with Crippen LogP contribution in [-0.2, 0) is 12.0 Å². The van der Waals surface area contributed by atoms with Crippen molar-refractivity contribution in [3.8, 4) is 0 Å². The van der Waals surface area contributed by atoms with E-state index in [1.807, 2.05) is 0 Å². The minimum Gasteiger partial charge on any atom is -0.348 e. The van der Waals surface area contributed by atoms with Gasteiger partial charge < -0.3 is 10.6 Å². The summed E-state index contributed by atoms with van der Waals surface area (Å²) >= 11 is 1.78. The number of hydrogen-bond acceptors (Lipinski definition) is 4. The van der Waals surface area contributed by atoms with Gasteiger partial charge in [-0.05, 0) is 18.8 Å². The Morgan fingerprint density at radius 2 is 1.94 bits per heavy atom. The van der Waals surface area contributed by atoms with E-state index in [1.54, 1.807) is 11.3 Å². The molecule has 2 N–H and O–H groups in total. The standard InChI is InChI=1S/C14H25N3S/c1-10-5-7-17(8-6-10)13-16-12(14(2,3)4)11(9-15)18-13/h10H,5-9,15H2,1-4H3. The first-order valence-electron chi connectivity index (χ1n) is 6.87. The second-order valence-corrected chi connectivity index (χ2v) is 7.45. The van der Waals surface area contributed by atoms with Gasteiger partial charge >= 0.3 is 0 Å². The zero-order valence-corrected chi connectivity index (χ0v) is 12.8. The fraction of sp³-hybridized carbons (Fsp3) is 0.786. The van der Waals surface area contributed by atoms with Crippen LogP contribution in [0, 0.1) is 5.92 Å². The summed E-state index contributed by atoms with van der Waals surface area (Å²) in [6, 6.07) is 0. The van der Waals surface area contributed by atoms with Crippen LogP contribution in [0.4, 0.5) is 5.13 Å². The lowest BCUT2D eigenvalue weighted by molar-refractivity contribution is 0.437. The molecule has 4 heteroatoms. The molecule has 1 fully saturated rings. The maximum Gasteiger partial charge on any atom is 0.185 e. The van der Waals surface area contributed by atoms with Gasteiger partial charge in [-0.1, -0.05) is 27.7 Å². The molecule has 1 aliphatic heterocycles. The van der Waals surface area contributed by atoms with Crippen molar-refractivity contribution in [1.82, 2.24) is 4.98 Å². The van der Waals surface area contributed by atoms with Crippen molar-refractivity contribution in [2.75, 3.05) is 18.0 Å². The Morgan fingerprint density at radius 1 is 1.33 bits per heavy atom. The fourth-order valence-electron chi connectivity index (χ4n) is 2.40. The van der Waals surface area contributed by atoms with Crippen molar-refractivity contribution in [3.05, 3.63) is 10.6 Å². The van der Waals surface area contributed by atoms with Crippen LogP contribution in [0.2, 0.25) is 0 Å². The monoisotopic (exact) mass is 267 g/mol. The first-order chi connectivity index (χ1) is 8.41. The van der Waals surface area contributed by atoms with Gasteiger partial charge in [0.2, 0.25) is 0 Å². The van der Waals surface area contributed by atoms with Crippen LogP contribution >= 0.6 is 11.3 Å². The summed E-state index contributed by atoms with van der Waals surface area (Å²) in [4.78, 5) is 8.54. The number of hydrogen-bond donors (Lipinski definition) is 1. The highest BCUT2D eigenvalue weighted by molar-refractivity contribution is 7.15. The zero-order valence-electron chi connectivity index (χ0n) is 12.0. The lowest BCUT2D eigenvalue weighted by atomic mass is 9.91. The first kappa shape index (κ1) is 13.8. The van der Waals surface area contributed by atoms with Crippen molar-refractivity contribution in [3.63, 3.8) is 0 Å². The van der Waals surface area contributed by atoms with Crippen LogP contribution < -0.4 is 10.6 Å². The minimum atomic E-state index is 0.0898. The highest BCUT2D eigenvalue weighted by Crippen LogP contribution is 2.34. The van der Waals surface area contributed by atoms with E-state index in [9.17, 15) is 0 Å². The molecule has 0 radical (unpaired) electrons. The smallest absolute Gasteiger partial charge is 0.185 e. The third-order valence-electron chi connectivity index (χ3n) is 3.64. The SMILES string of the molecule is CC1CCN(c2nc(C(C)(C)C)c(CN)s2)CC1. The highest BCUT2D eigenvalue weighted by Gasteiger charge is 2.25. The summed E-state index contributed by atoms with van der Waals surface area (Å²) in [5, 5.41) is 1.17. The van der Waals surface area contributed by atoms with Crippen LogP contribution in [0.15, 0.2) is 0 Å². The van der Waals surface area contributed by atoms with Crippen molar-refractivity contribution in [2.45, 2.75) is 52.5 Å². The molecule has 2 heterocycles. The van der Waals surface area contributed by atoms with E-state index in [0.29, 0.717) is 6.54 Å². The molecule has 0 unspecified atom stereocenters. The van der Waals surface area contributed by atoms with Gasteiger partial charge in [-0.25, -0.2) is 4.98 Å². The van der Waals surface area contributed by atoms with Crippen LogP contribution in [0.5, 0.6) is 0 Å². The molecule has 0 saturated carbocycles. The maximum atomic E-state index is 5.86. The van der Waals surface area contributed by atoms with Crippen molar-refractivity contribution in [1.29, 1.82) is 0 Å². The Kier molecular flexibility index (Phi) is 3.97. The van der Waals surface area contributed by atoms with E-state index in [1.165, 1.54) is 28.5 Å². The summed E-state index contributed by atoms with van der Waals surface area (Å²) < 4.78 is 0. The summed E-state index contributed by atoms with van der Waals surface area (Å²) in [5.74, 6) is 0.859. The van der Waals surface area contributed by atoms with Gasteiger partial charge in [-0.3, -0.25) is 0 Å². The predicted octanol–water partition coefficient (Wildman–Crippen LogP) is 3.14. The Morgan fingerprint density at radius 3 is 2.39 bits per heavy atom. The topological polar surface area (TPSA) is 42.2 Å². The lowest BCUT2D eigenvalue weighted by Gasteiger charge is -2.30. The van der Waals surface area contributed by atoms with Crippen molar-refractivity contribution in [2.24, 2.45) is 11.7 Å². The quantitative estimate of drug-likeness (QED) is 0.895. The molecule has 0 aliphatic carbocycles. The van der Waals surface area contributed by atoms with Gasteiger partial charge in [0.05, 0.1) is 5.69 Å². The molecule has 0 bridgehead atoms. The molecule has 1 aliphatic rings. The summed E-state index contributed by atoms with van der Waals surface area (Å²) in [6.07, 6.45) is 2.56. The number of thiazole rings is 1.